The lowest BCUT2D eigenvalue weighted by Gasteiger charge is -2.25. The van der Waals surface area contributed by atoms with Crippen LogP contribution < -0.4 is 0 Å². The van der Waals surface area contributed by atoms with Gasteiger partial charge in [-0.15, -0.1) is 0 Å². The van der Waals surface area contributed by atoms with Crippen LogP contribution in [0.5, 0.6) is 0 Å². The number of hydrogen-bond donors (Lipinski definition) is 0. The Morgan fingerprint density at radius 2 is 2.00 bits per heavy atom. The summed E-state index contributed by atoms with van der Waals surface area (Å²) in [4.78, 5) is 0.563. The normalized spacial score (nSPS) is 29.9. The second-order valence-electron chi connectivity index (χ2n) is 6.88. The average Bonchev–Trinajstić information content (AvgIpc) is 3.09. The molecule has 1 aromatic carbocycles. The van der Waals surface area contributed by atoms with Crippen molar-refractivity contribution in [1.29, 1.82) is 0 Å². The molecular weight excluding hydrogens is 308 g/mol. The van der Waals surface area contributed by atoms with E-state index >= 15 is 0 Å². The molecule has 2 aliphatic carbocycles. The Morgan fingerprint density at radius 3 is 2.60 bits per heavy atom. The third-order valence-electron chi connectivity index (χ3n) is 5.73. The van der Waals surface area contributed by atoms with E-state index in [0.29, 0.717) is 4.83 Å². The average molecular weight is 335 g/mol. The number of hydrogen-bond acceptors (Lipinski definition) is 0. The minimum Gasteiger partial charge on any atom is -0.0839 e. The Morgan fingerprint density at radius 1 is 1.15 bits per heavy atom. The zero-order valence-electron chi connectivity index (χ0n) is 12.9. The molecule has 3 rings (SSSR count). The summed E-state index contributed by atoms with van der Waals surface area (Å²) >= 11 is 4.02. The molecule has 0 aromatic heterocycles. The number of aryl methyl sites for hydroxylation is 2. The van der Waals surface area contributed by atoms with Crippen LogP contribution in [0, 0.1) is 17.8 Å². The van der Waals surface area contributed by atoms with Crippen molar-refractivity contribution >= 4 is 15.9 Å². The summed E-state index contributed by atoms with van der Waals surface area (Å²) in [5, 5.41) is 0. The molecule has 0 amide bonds. The molecule has 0 aliphatic heterocycles. The molecular formula is C19H27Br. The Hall–Kier alpha value is -0.300. The zero-order valence-corrected chi connectivity index (χ0v) is 14.5. The van der Waals surface area contributed by atoms with E-state index in [2.05, 4.69) is 48.0 Å². The van der Waals surface area contributed by atoms with Crippen LogP contribution in [0.1, 0.15) is 67.5 Å². The Kier molecular flexibility index (Phi) is 4.55. The number of fused-ring (bicyclic) bond motifs is 2. The fraction of sp³-hybridized carbons (Fsp3) is 0.684. The van der Waals surface area contributed by atoms with E-state index in [4.69, 9.17) is 0 Å². The molecule has 0 radical (unpaired) electrons. The van der Waals surface area contributed by atoms with E-state index in [-0.39, 0.29) is 0 Å². The van der Waals surface area contributed by atoms with E-state index in [1.165, 1.54) is 43.2 Å². The molecule has 0 spiro atoms. The smallest absolute Gasteiger partial charge is 0.0400 e. The van der Waals surface area contributed by atoms with Gasteiger partial charge in [-0.25, -0.2) is 0 Å². The predicted octanol–water partition coefficient (Wildman–Crippen LogP) is 6.07. The van der Waals surface area contributed by atoms with Gasteiger partial charge in [0.15, 0.2) is 0 Å². The molecule has 2 fully saturated rings. The van der Waals surface area contributed by atoms with Gasteiger partial charge in [-0.3, -0.25) is 0 Å². The second kappa shape index (κ2) is 6.22. The summed E-state index contributed by atoms with van der Waals surface area (Å²) in [6.45, 7) is 4.53. The molecule has 0 heterocycles. The number of rotatable bonds is 5. The van der Waals surface area contributed by atoms with Crippen LogP contribution in [0.2, 0.25) is 0 Å². The molecule has 1 heteroatoms. The topological polar surface area (TPSA) is 0 Å². The van der Waals surface area contributed by atoms with Gasteiger partial charge in [0.2, 0.25) is 0 Å². The summed E-state index contributed by atoms with van der Waals surface area (Å²) in [7, 11) is 0. The maximum absolute atomic E-state index is 4.02. The number of alkyl halides is 1. The lowest BCUT2D eigenvalue weighted by Crippen LogP contribution is -2.13. The molecule has 0 N–H and O–H groups in total. The highest BCUT2D eigenvalue weighted by atomic mass is 79.9. The molecule has 20 heavy (non-hydrogen) atoms. The SMILES string of the molecule is CCc1ccc(CC)c(C(Br)CC2CC3CCC2C3)c1. The van der Waals surface area contributed by atoms with Crippen LogP contribution in [0.25, 0.3) is 0 Å². The van der Waals surface area contributed by atoms with Crippen molar-refractivity contribution in [2.45, 2.75) is 63.6 Å². The van der Waals surface area contributed by atoms with Crippen LogP contribution in [0.4, 0.5) is 0 Å². The lowest BCUT2D eigenvalue weighted by atomic mass is 9.83. The molecule has 2 saturated carbocycles. The van der Waals surface area contributed by atoms with Crippen molar-refractivity contribution in [3.05, 3.63) is 34.9 Å². The van der Waals surface area contributed by atoms with Gasteiger partial charge in [-0.2, -0.15) is 0 Å². The molecule has 4 atom stereocenters. The monoisotopic (exact) mass is 334 g/mol. The van der Waals surface area contributed by atoms with Gasteiger partial charge >= 0.3 is 0 Å². The summed E-state index contributed by atoms with van der Waals surface area (Å²) in [5.74, 6) is 3.09. The molecule has 0 nitrogen and oxygen atoms in total. The van der Waals surface area contributed by atoms with Crippen molar-refractivity contribution in [3.63, 3.8) is 0 Å². The van der Waals surface area contributed by atoms with Gasteiger partial charge in [0, 0.05) is 4.83 Å². The molecule has 2 bridgehead atoms. The van der Waals surface area contributed by atoms with E-state index in [9.17, 15) is 0 Å². The first-order valence-corrected chi connectivity index (χ1v) is 9.38. The van der Waals surface area contributed by atoms with Gasteiger partial charge in [0.05, 0.1) is 0 Å². The summed E-state index contributed by atoms with van der Waals surface area (Å²) in [6.07, 6.45) is 9.69. The van der Waals surface area contributed by atoms with Crippen molar-refractivity contribution in [1.82, 2.24) is 0 Å². The largest absolute Gasteiger partial charge is 0.0839 e. The van der Waals surface area contributed by atoms with Crippen LogP contribution in [-0.2, 0) is 12.8 Å². The fourth-order valence-electron chi connectivity index (χ4n) is 4.54. The molecule has 1 aromatic rings. The van der Waals surface area contributed by atoms with Crippen LogP contribution in [0.15, 0.2) is 18.2 Å². The number of benzene rings is 1. The van der Waals surface area contributed by atoms with Crippen molar-refractivity contribution in [3.8, 4) is 0 Å². The van der Waals surface area contributed by atoms with Gasteiger partial charge in [0.1, 0.15) is 0 Å². The van der Waals surface area contributed by atoms with Crippen molar-refractivity contribution in [2.24, 2.45) is 17.8 Å². The number of halogens is 1. The molecule has 0 saturated heterocycles. The van der Waals surface area contributed by atoms with Gasteiger partial charge in [0.25, 0.3) is 0 Å². The quantitative estimate of drug-likeness (QED) is 0.573. The second-order valence-corrected chi connectivity index (χ2v) is 7.98. The predicted molar refractivity (Wildman–Crippen MR) is 90.4 cm³/mol. The zero-order chi connectivity index (χ0) is 14.1. The maximum atomic E-state index is 4.02. The standard InChI is InChI=1S/C19H27Br/c1-3-13-5-7-15(4-2)18(11-13)19(20)12-17-10-14-6-8-16(17)9-14/h5,7,11,14,16-17,19H,3-4,6,8-10,12H2,1-2H3. The van der Waals surface area contributed by atoms with Crippen molar-refractivity contribution < 1.29 is 0 Å². The highest BCUT2D eigenvalue weighted by Gasteiger charge is 2.40. The van der Waals surface area contributed by atoms with E-state index < -0.39 is 0 Å². The minimum absolute atomic E-state index is 0.563. The van der Waals surface area contributed by atoms with Gasteiger partial charge < -0.3 is 0 Å². The summed E-state index contributed by atoms with van der Waals surface area (Å²) in [6, 6.07) is 7.11. The molecule has 110 valence electrons. The first kappa shape index (κ1) is 14.6. The third-order valence-corrected chi connectivity index (χ3v) is 6.60. The Bertz CT molecular complexity index is 465. The molecule has 2 aliphatic rings. The lowest BCUT2D eigenvalue weighted by molar-refractivity contribution is 0.314. The van der Waals surface area contributed by atoms with Gasteiger partial charge in [-0.05, 0) is 73.0 Å². The van der Waals surface area contributed by atoms with E-state index in [1.54, 1.807) is 5.56 Å². The highest BCUT2D eigenvalue weighted by molar-refractivity contribution is 9.09. The first-order valence-electron chi connectivity index (χ1n) is 8.47. The highest BCUT2D eigenvalue weighted by Crippen LogP contribution is 2.52. The van der Waals surface area contributed by atoms with Gasteiger partial charge in [-0.1, -0.05) is 54.4 Å². The van der Waals surface area contributed by atoms with Crippen LogP contribution >= 0.6 is 15.9 Å². The minimum atomic E-state index is 0.563. The van der Waals surface area contributed by atoms with Crippen LogP contribution in [-0.4, -0.2) is 0 Å². The maximum Gasteiger partial charge on any atom is 0.0400 e. The molecule has 4 unspecified atom stereocenters. The Labute approximate surface area is 132 Å². The first-order chi connectivity index (χ1) is 9.71. The summed E-state index contributed by atoms with van der Waals surface area (Å²) in [5.41, 5.74) is 4.58. The third kappa shape index (κ3) is 2.84. The Balaban J connectivity index is 1.74. The van der Waals surface area contributed by atoms with E-state index in [1.807, 2.05) is 0 Å². The van der Waals surface area contributed by atoms with E-state index in [0.717, 1.165) is 30.6 Å². The van der Waals surface area contributed by atoms with Crippen LogP contribution in [0.3, 0.4) is 0 Å². The van der Waals surface area contributed by atoms with Crippen molar-refractivity contribution in [2.75, 3.05) is 0 Å². The fourth-order valence-corrected chi connectivity index (χ4v) is 5.44. The summed E-state index contributed by atoms with van der Waals surface area (Å²) < 4.78 is 0.